The molecular weight excluding hydrogens is 216 g/mol. The zero-order valence-corrected chi connectivity index (χ0v) is 10.5. The molecule has 4 nitrogen and oxygen atoms in total. The molecule has 0 spiro atoms. The highest BCUT2D eigenvalue weighted by Crippen LogP contribution is 2.31. The van der Waals surface area contributed by atoms with Crippen LogP contribution in [0.3, 0.4) is 0 Å². The maximum Gasteiger partial charge on any atom is 0.224 e. The second-order valence-electron chi connectivity index (χ2n) is 3.41. The van der Waals surface area contributed by atoms with Gasteiger partial charge in [0.15, 0.2) is 0 Å². The van der Waals surface area contributed by atoms with Gasteiger partial charge in [0.25, 0.3) is 0 Å². The van der Waals surface area contributed by atoms with Crippen LogP contribution >= 0.6 is 0 Å². The third kappa shape index (κ3) is 2.84. The first kappa shape index (κ1) is 13.2. The maximum atomic E-state index is 11.4. The predicted molar refractivity (Wildman–Crippen MR) is 69.0 cm³/mol. The second kappa shape index (κ2) is 6.03. The first-order chi connectivity index (χ1) is 8.22. The molecule has 0 bridgehead atoms. The normalized spacial score (nSPS) is 13.8. The van der Waals surface area contributed by atoms with Crippen molar-refractivity contribution in [2.45, 2.75) is 26.7 Å². The minimum atomic E-state index is -0.0667. The molecule has 1 aliphatic heterocycles. The molecular formula is C13H18N2O2. The van der Waals surface area contributed by atoms with Crippen LogP contribution in [0.5, 0.6) is 5.75 Å². The Kier molecular flexibility index (Phi) is 4.69. The third-order valence-electron chi connectivity index (χ3n) is 2.44. The number of hydrogen-bond acceptors (Lipinski definition) is 3. The van der Waals surface area contributed by atoms with Crippen molar-refractivity contribution in [2.24, 2.45) is 0 Å². The van der Waals surface area contributed by atoms with Gasteiger partial charge in [0, 0.05) is 17.7 Å². The summed E-state index contributed by atoms with van der Waals surface area (Å²) in [5.41, 5.74) is 1.84. The van der Waals surface area contributed by atoms with Crippen LogP contribution in [0.1, 0.15) is 32.3 Å². The highest BCUT2D eigenvalue weighted by molar-refractivity contribution is 6.11. The number of para-hydroxylation sites is 1. The predicted octanol–water partition coefficient (Wildman–Crippen LogP) is 2.82. The van der Waals surface area contributed by atoms with E-state index in [9.17, 15) is 4.79 Å². The number of methoxy groups -OCH3 is 1. The topological polar surface area (TPSA) is 62.2 Å². The lowest BCUT2D eigenvalue weighted by Gasteiger charge is -2.11. The Morgan fingerprint density at radius 1 is 1.29 bits per heavy atom. The number of anilines is 1. The zero-order valence-electron chi connectivity index (χ0n) is 10.5. The Morgan fingerprint density at radius 2 is 2.00 bits per heavy atom. The fraction of sp³-hybridized carbons (Fsp3) is 0.385. The summed E-state index contributed by atoms with van der Waals surface area (Å²) in [4.78, 5) is 11.4. The van der Waals surface area contributed by atoms with E-state index in [0.29, 0.717) is 30.0 Å². The Morgan fingerprint density at radius 3 is 2.65 bits per heavy atom. The average molecular weight is 234 g/mol. The van der Waals surface area contributed by atoms with Gasteiger partial charge < -0.3 is 15.5 Å². The van der Waals surface area contributed by atoms with Gasteiger partial charge in [-0.2, -0.15) is 0 Å². The summed E-state index contributed by atoms with van der Waals surface area (Å²) < 4.78 is 5.15. The van der Waals surface area contributed by atoms with Crippen molar-refractivity contribution in [1.82, 2.24) is 0 Å². The lowest BCUT2D eigenvalue weighted by molar-refractivity contribution is -0.116. The Bertz CT molecular complexity index is 427. The van der Waals surface area contributed by atoms with Gasteiger partial charge in [-0.15, -0.1) is 0 Å². The largest absolute Gasteiger partial charge is 0.495 e. The molecule has 0 saturated heterocycles. The van der Waals surface area contributed by atoms with Gasteiger partial charge in [-0.05, 0) is 12.5 Å². The van der Waals surface area contributed by atoms with E-state index in [2.05, 4.69) is 5.32 Å². The number of nitrogens with one attached hydrogen (secondary N) is 2. The summed E-state index contributed by atoms with van der Waals surface area (Å²) in [5.74, 6) is 0.538. The zero-order chi connectivity index (χ0) is 12.8. The van der Waals surface area contributed by atoms with E-state index in [1.165, 1.54) is 0 Å². The molecule has 0 radical (unpaired) electrons. The average Bonchev–Trinajstić information content (AvgIpc) is 2.52. The van der Waals surface area contributed by atoms with E-state index in [1.807, 2.05) is 26.0 Å². The van der Waals surface area contributed by atoms with E-state index in [-0.39, 0.29) is 5.91 Å². The summed E-state index contributed by atoms with van der Waals surface area (Å²) in [6, 6.07) is 5.42. The van der Waals surface area contributed by atoms with E-state index in [0.717, 1.165) is 5.56 Å². The van der Waals surface area contributed by atoms with Crippen LogP contribution < -0.4 is 10.1 Å². The number of carbonyl (C=O) groups is 1. The lowest BCUT2D eigenvalue weighted by Crippen LogP contribution is -2.10. The summed E-state index contributed by atoms with van der Waals surface area (Å²) in [7, 11) is 1.55. The van der Waals surface area contributed by atoms with Crippen molar-refractivity contribution in [1.29, 1.82) is 5.41 Å². The third-order valence-corrected chi connectivity index (χ3v) is 2.44. The molecule has 0 aromatic heterocycles. The van der Waals surface area contributed by atoms with E-state index < -0.39 is 0 Å². The second-order valence-corrected chi connectivity index (χ2v) is 3.41. The summed E-state index contributed by atoms with van der Waals surface area (Å²) in [6.45, 7) is 4.00. The van der Waals surface area contributed by atoms with Crippen molar-refractivity contribution in [3.63, 3.8) is 0 Å². The standard InChI is InChI=1S/C11H12N2O2.C2H6/c1-15-9-4-2-3-7-8(12)5-6-10(14)13-11(7)9;1-2/h2-4,12H,5-6H2,1H3,(H,13,14);1-2H3. The lowest BCUT2D eigenvalue weighted by atomic mass is 10.1. The van der Waals surface area contributed by atoms with Crippen LogP contribution in [-0.2, 0) is 4.79 Å². The molecule has 2 rings (SSSR count). The smallest absolute Gasteiger partial charge is 0.224 e. The van der Waals surface area contributed by atoms with Gasteiger partial charge in [-0.1, -0.05) is 26.0 Å². The van der Waals surface area contributed by atoms with Gasteiger partial charge in [0.1, 0.15) is 5.75 Å². The van der Waals surface area contributed by atoms with Crippen LogP contribution in [0.15, 0.2) is 18.2 Å². The molecule has 0 atom stereocenters. The van der Waals surface area contributed by atoms with Crippen molar-refractivity contribution in [3.05, 3.63) is 23.8 Å². The van der Waals surface area contributed by atoms with Crippen LogP contribution in [0.4, 0.5) is 5.69 Å². The van der Waals surface area contributed by atoms with Gasteiger partial charge in [-0.25, -0.2) is 0 Å². The molecule has 0 saturated carbocycles. The number of benzene rings is 1. The molecule has 0 aliphatic carbocycles. The van der Waals surface area contributed by atoms with Gasteiger partial charge >= 0.3 is 0 Å². The molecule has 1 amide bonds. The monoisotopic (exact) mass is 234 g/mol. The highest BCUT2D eigenvalue weighted by atomic mass is 16.5. The summed E-state index contributed by atoms with van der Waals surface area (Å²) in [6.07, 6.45) is 0.836. The van der Waals surface area contributed by atoms with Crippen LogP contribution in [0.25, 0.3) is 0 Å². The number of fused-ring (bicyclic) bond motifs is 1. The van der Waals surface area contributed by atoms with Crippen molar-refractivity contribution < 1.29 is 9.53 Å². The SMILES string of the molecule is CC.COc1cccc2c1NC(=O)CCC2=N. The number of carbonyl (C=O) groups excluding carboxylic acids is 1. The minimum absolute atomic E-state index is 0.0667. The molecule has 1 aromatic carbocycles. The number of amides is 1. The number of ether oxygens (including phenoxy) is 1. The van der Waals surface area contributed by atoms with Crippen LogP contribution in [-0.4, -0.2) is 18.7 Å². The molecule has 1 heterocycles. The first-order valence-electron chi connectivity index (χ1n) is 5.77. The number of rotatable bonds is 1. The fourth-order valence-corrected chi connectivity index (χ4v) is 1.66. The van der Waals surface area contributed by atoms with Gasteiger partial charge in [0.05, 0.1) is 12.8 Å². The molecule has 1 aliphatic rings. The molecule has 92 valence electrons. The van der Waals surface area contributed by atoms with E-state index in [1.54, 1.807) is 13.2 Å². The van der Waals surface area contributed by atoms with E-state index >= 15 is 0 Å². The Hall–Kier alpha value is -1.84. The quantitative estimate of drug-likeness (QED) is 0.784. The molecule has 2 N–H and O–H groups in total. The fourth-order valence-electron chi connectivity index (χ4n) is 1.66. The first-order valence-corrected chi connectivity index (χ1v) is 5.77. The number of hydrogen-bond donors (Lipinski definition) is 2. The van der Waals surface area contributed by atoms with Crippen molar-refractivity contribution >= 4 is 17.3 Å². The summed E-state index contributed by atoms with van der Waals surface area (Å²) in [5, 5.41) is 10.6. The molecule has 4 heteroatoms. The highest BCUT2D eigenvalue weighted by Gasteiger charge is 2.19. The van der Waals surface area contributed by atoms with Crippen molar-refractivity contribution in [3.8, 4) is 5.75 Å². The van der Waals surface area contributed by atoms with Crippen LogP contribution in [0, 0.1) is 5.41 Å². The summed E-state index contributed by atoms with van der Waals surface area (Å²) >= 11 is 0. The van der Waals surface area contributed by atoms with Gasteiger partial charge in [0.2, 0.25) is 5.91 Å². The minimum Gasteiger partial charge on any atom is -0.495 e. The van der Waals surface area contributed by atoms with Crippen molar-refractivity contribution in [2.75, 3.05) is 12.4 Å². The molecule has 0 unspecified atom stereocenters. The Labute approximate surface area is 101 Å². The van der Waals surface area contributed by atoms with Gasteiger partial charge in [-0.3, -0.25) is 4.79 Å². The Balaban J connectivity index is 0.000000686. The van der Waals surface area contributed by atoms with E-state index in [4.69, 9.17) is 10.1 Å². The molecule has 0 fully saturated rings. The van der Waals surface area contributed by atoms with Crippen LogP contribution in [0.2, 0.25) is 0 Å². The maximum absolute atomic E-state index is 11.4. The molecule has 1 aromatic rings. The molecule has 17 heavy (non-hydrogen) atoms.